The summed E-state index contributed by atoms with van der Waals surface area (Å²) in [5.41, 5.74) is 0. The Morgan fingerprint density at radius 2 is 0.533 bits per heavy atom. The number of phosphoric acid groups is 2. The summed E-state index contributed by atoms with van der Waals surface area (Å²) in [4.78, 5) is 43.1. The maximum Gasteiger partial charge on any atom is 0.466 e. The van der Waals surface area contributed by atoms with Crippen molar-refractivity contribution < 1.29 is 92.0 Å². The molecule has 12 N–H and O–H groups in total. The third-order valence-corrected chi connectivity index (χ3v) is 0. The molecule has 15 heteroatoms. The van der Waals surface area contributed by atoms with Crippen LogP contribution in [0.4, 0.5) is 0 Å². The van der Waals surface area contributed by atoms with Crippen molar-refractivity contribution in [2.75, 3.05) is 0 Å². The second-order valence-electron chi connectivity index (χ2n) is 1.03. The standard InChI is InChI=1S/2H3O4P.3H2O.2V/c2*1-5(2,3)4;;;;;/h2*(H3,1,2,3,4);3*1H2;;. The Hall–Kier alpha value is 1.27. The van der Waals surface area contributed by atoms with Crippen LogP contribution in [0, 0.1) is 0 Å². The first-order valence-electron chi connectivity index (χ1n) is 1.57. The van der Waals surface area contributed by atoms with E-state index in [4.69, 9.17) is 38.5 Å². The second-order valence-corrected chi connectivity index (χ2v) is 3.08. The molecule has 0 aromatic rings. The van der Waals surface area contributed by atoms with E-state index < -0.39 is 15.6 Å². The van der Waals surface area contributed by atoms with E-state index in [9.17, 15) is 0 Å². The van der Waals surface area contributed by atoms with Gasteiger partial charge >= 0.3 is 15.6 Å². The first kappa shape index (κ1) is 44.1. The monoisotopic (exact) mass is 352 g/mol. The Bertz CT molecular complexity index is 129. The third-order valence-electron chi connectivity index (χ3n) is 0. The van der Waals surface area contributed by atoms with Gasteiger partial charge in [-0.15, -0.1) is 0 Å². The zero-order valence-corrected chi connectivity index (χ0v) is 11.4. The molecular weight excluding hydrogens is 340 g/mol. The van der Waals surface area contributed by atoms with Crippen molar-refractivity contribution in [3.63, 3.8) is 0 Å². The van der Waals surface area contributed by atoms with Gasteiger partial charge in [0.1, 0.15) is 0 Å². The number of hydrogen-bond acceptors (Lipinski definition) is 2. The van der Waals surface area contributed by atoms with Gasteiger partial charge in [0.15, 0.2) is 0 Å². The summed E-state index contributed by atoms with van der Waals surface area (Å²) in [7, 11) is -9.28. The van der Waals surface area contributed by atoms with Crippen LogP contribution in [0.2, 0.25) is 0 Å². The maximum absolute atomic E-state index is 8.88. The second kappa shape index (κ2) is 17.7. The Kier molecular flexibility index (Phi) is 52.0. The summed E-state index contributed by atoms with van der Waals surface area (Å²) in [6.07, 6.45) is 0. The van der Waals surface area contributed by atoms with Crippen LogP contribution in [0.1, 0.15) is 0 Å². The van der Waals surface area contributed by atoms with Gasteiger partial charge < -0.3 is 45.8 Å². The van der Waals surface area contributed by atoms with Gasteiger partial charge in [-0.1, -0.05) is 0 Å². The predicted octanol–water partition coefficient (Wildman–Crippen LogP) is -4.34. The Morgan fingerprint density at radius 1 is 0.533 bits per heavy atom. The van der Waals surface area contributed by atoms with Gasteiger partial charge in [0.2, 0.25) is 0 Å². The van der Waals surface area contributed by atoms with E-state index in [1.54, 1.807) is 0 Å². The van der Waals surface area contributed by atoms with Crippen molar-refractivity contribution in [1.29, 1.82) is 0 Å². The molecule has 0 saturated heterocycles. The maximum atomic E-state index is 8.88. The molecule has 0 aliphatic heterocycles. The summed E-state index contributed by atoms with van der Waals surface area (Å²) < 4.78 is 17.8. The van der Waals surface area contributed by atoms with E-state index in [1.165, 1.54) is 0 Å². The van der Waals surface area contributed by atoms with Crippen LogP contribution < -0.4 is 0 Å². The molecule has 0 aromatic heterocycles. The zero-order chi connectivity index (χ0) is 9.00. The number of rotatable bonds is 0. The molecule has 11 nitrogen and oxygen atoms in total. The van der Waals surface area contributed by atoms with E-state index in [-0.39, 0.29) is 53.5 Å². The summed E-state index contributed by atoms with van der Waals surface area (Å²) in [5.74, 6) is 0. The average molecular weight is 352 g/mol. The third kappa shape index (κ3) is 1670. The van der Waals surface area contributed by atoms with Gasteiger partial charge in [0.25, 0.3) is 0 Å². The van der Waals surface area contributed by atoms with E-state index in [2.05, 4.69) is 0 Å². The van der Waals surface area contributed by atoms with Gasteiger partial charge in [0, 0.05) is 37.1 Å². The van der Waals surface area contributed by atoms with E-state index in [0.29, 0.717) is 0 Å². The molecule has 0 aromatic carbocycles. The van der Waals surface area contributed by atoms with Gasteiger partial charge in [-0.05, 0) is 0 Å². The molecule has 0 saturated carbocycles. The van der Waals surface area contributed by atoms with E-state index in [1.807, 2.05) is 0 Å². The van der Waals surface area contributed by atoms with Crippen molar-refractivity contribution in [3.05, 3.63) is 0 Å². The van der Waals surface area contributed by atoms with Crippen LogP contribution in [0.5, 0.6) is 0 Å². The molecule has 0 unspecified atom stereocenters. The molecule has 0 amide bonds. The molecular formula is H12O11P2V2. The SMILES string of the molecule is O.O.O.O=P(O)(O)O.O=P(O)(O)O.[V].[V]. The minimum Gasteiger partial charge on any atom is -0.412 e. The molecule has 0 atom stereocenters. The average Bonchev–Trinajstić information content (AvgIpc) is 1.12. The molecule has 98 valence electrons. The Balaban J connectivity index is -0.0000000128. The molecule has 2 radical (unpaired) electrons. The first-order valence-corrected chi connectivity index (χ1v) is 4.70. The van der Waals surface area contributed by atoms with Gasteiger partial charge in [-0.25, -0.2) is 9.13 Å². The van der Waals surface area contributed by atoms with Crippen LogP contribution >= 0.6 is 15.6 Å². The van der Waals surface area contributed by atoms with Gasteiger partial charge in [0.05, 0.1) is 0 Å². The van der Waals surface area contributed by atoms with Crippen molar-refractivity contribution >= 4 is 15.6 Å². The van der Waals surface area contributed by atoms with E-state index >= 15 is 0 Å². The summed E-state index contributed by atoms with van der Waals surface area (Å²) in [6.45, 7) is 0. The molecule has 0 aliphatic carbocycles. The van der Waals surface area contributed by atoms with Crippen molar-refractivity contribution in [1.82, 2.24) is 0 Å². The number of hydrogen-bond donors (Lipinski definition) is 6. The van der Waals surface area contributed by atoms with Gasteiger partial charge in [-0.3, -0.25) is 0 Å². The quantitative estimate of drug-likeness (QED) is 0.232. The fraction of sp³-hybridized carbons (Fsp3) is 0. The first-order chi connectivity index (χ1) is 4.00. The van der Waals surface area contributed by atoms with E-state index in [0.717, 1.165) is 0 Å². The Labute approximate surface area is 108 Å². The van der Waals surface area contributed by atoms with Crippen molar-refractivity contribution in [2.24, 2.45) is 0 Å². The molecule has 0 bridgehead atoms. The van der Waals surface area contributed by atoms with Crippen LogP contribution in [0.25, 0.3) is 0 Å². The molecule has 0 fully saturated rings. The smallest absolute Gasteiger partial charge is 0.412 e. The minimum absolute atomic E-state index is 0. The largest absolute Gasteiger partial charge is 0.466 e. The molecule has 15 heavy (non-hydrogen) atoms. The molecule has 0 aliphatic rings. The summed E-state index contributed by atoms with van der Waals surface area (Å²) in [5, 5.41) is 0. The van der Waals surface area contributed by atoms with Gasteiger partial charge in [-0.2, -0.15) is 0 Å². The van der Waals surface area contributed by atoms with Crippen molar-refractivity contribution in [2.45, 2.75) is 0 Å². The minimum atomic E-state index is -4.64. The van der Waals surface area contributed by atoms with Crippen LogP contribution in [-0.2, 0) is 46.2 Å². The summed E-state index contributed by atoms with van der Waals surface area (Å²) in [6, 6.07) is 0. The topological polar surface area (TPSA) is 250 Å². The van der Waals surface area contributed by atoms with Crippen LogP contribution in [0.15, 0.2) is 0 Å². The molecule has 0 spiro atoms. The zero-order valence-electron chi connectivity index (χ0n) is 6.79. The normalized spacial score (nSPS) is 7.87. The predicted molar refractivity (Wildman–Crippen MR) is 39.4 cm³/mol. The summed E-state index contributed by atoms with van der Waals surface area (Å²) >= 11 is 0. The van der Waals surface area contributed by atoms with Crippen LogP contribution in [0.3, 0.4) is 0 Å². The Morgan fingerprint density at radius 3 is 0.533 bits per heavy atom. The molecule has 0 heterocycles. The van der Waals surface area contributed by atoms with Crippen LogP contribution in [-0.4, -0.2) is 45.8 Å². The molecule has 0 rings (SSSR count). The fourth-order valence-corrected chi connectivity index (χ4v) is 0. The van der Waals surface area contributed by atoms with Crippen molar-refractivity contribution in [3.8, 4) is 0 Å². The fourth-order valence-electron chi connectivity index (χ4n) is 0.